The molecule has 5 fully saturated rings. The maximum atomic E-state index is 12.0. The van der Waals surface area contributed by atoms with Crippen LogP contribution in [0.4, 0.5) is 0 Å². The van der Waals surface area contributed by atoms with Crippen molar-refractivity contribution in [3.05, 3.63) is 11.6 Å². The van der Waals surface area contributed by atoms with E-state index in [1.165, 1.54) is 0 Å². The van der Waals surface area contributed by atoms with E-state index in [1.807, 2.05) is 0 Å². The summed E-state index contributed by atoms with van der Waals surface area (Å²) in [6.07, 6.45) is -1.40. The highest BCUT2D eigenvalue weighted by Gasteiger charge is 2.72. The summed E-state index contributed by atoms with van der Waals surface area (Å²) in [5.74, 6) is -0.0958. The van der Waals surface area contributed by atoms with Gasteiger partial charge in [-0.15, -0.1) is 0 Å². The van der Waals surface area contributed by atoms with E-state index in [0.717, 1.165) is 31.3 Å². The number of ether oxygens (including phenoxy) is 3. The van der Waals surface area contributed by atoms with Gasteiger partial charge in [-0.3, -0.25) is 0 Å². The van der Waals surface area contributed by atoms with Crippen LogP contribution in [0.1, 0.15) is 51.9 Å². The summed E-state index contributed by atoms with van der Waals surface area (Å²) in [5, 5.41) is 63.3. The predicted octanol–water partition coefficient (Wildman–Crippen LogP) is -0.627. The number of aliphatic hydroxyl groups excluding tert-OH is 6. The summed E-state index contributed by atoms with van der Waals surface area (Å²) in [4.78, 5) is 12.0. The lowest BCUT2D eigenvalue weighted by Crippen LogP contribution is -2.64. The number of carbonyl (C=O) groups is 1. The molecule has 202 valence electrons. The molecular weight excluding hydrogens is 472 g/mol. The van der Waals surface area contributed by atoms with Crippen LogP contribution in [0.2, 0.25) is 0 Å². The van der Waals surface area contributed by atoms with Crippen LogP contribution in [-0.2, 0) is 19.0 Å². The Kier molecular flexibility index (Phi) is 5.91. The highest BCUT2D eigenvalue weighted by Crippen LogP contribution is 2.72. The average Bonchev–Trinajstić information content (AvgIpc) is 3.32. The van der Waals surface area contributed by atoms with E-state index in [4.69, 9.17) is 14.2 Å². The van der Waals surface area contributed by atoms with Crippen molar-refractivity contribution in [2.24, 2.45) is 28.6 Å². The zero-order chi connectivity index (χ0) is 25.6. The van der Waals surface area contributed by atoms with Gasteiger partial charge in [0.2, 0.25) is 0 Å². The molecule has 0 radical (unpaired) electrons. The Balaban J connectivity index is 1.31. The van der Waals surface area contributed by atoms with Crippen molar-refractivity contribution in [2.45, 2.75) is 100 Å². The lowest BCUT2D eigenvalue weighted by molar-refractivity contribution is -0.345. The summed E-state index contributed by atoms with van der Waals surface area (Å²) in [6.45, 7) is 1.20. The van der Waals surface area contributed by atoms with Gasteiger partial charge in [0.15, 0.2) is 6.29 Å². The second kappa shape index (κ2) is 8.44. The topological polar surface area (TPSA) is 166 Å². The maximum Gasteiger partial charge on any atom is 0.331 e. The standard InChI is InChI=1S/C26H38O10/c1-24-6-5-15-13(8-18(29)34-15)14(24)4-7-25-9-12(2-3-17(24)25)26(11-28,23(25)33)36-22-21(32)20(31)19(30)16(10-27)35-22/h8,12,14-17,19-23,27-28,30-33H,2-7,9-11H2,1H3/t12-,14+,15+,16+,17-,19+,20-,21+,22-,23+,24+,25+,26-/m0/s1. The molecular formula is C26H38O10. The van der Waals surface area contributed by atoms with Crippen LogP contribution >= 0.6 is 0 Å². The Morgan fingerprint density at radius 1 is 1.03 bits per heavy atom. The Bertz CT molecular complexity index is 938. The van der Waals surface area contributed by atoms with Crippen molar-refractivity contribution in [3.63, 3.8) is 0 Å². The average molecular weight is 511 g/mol. The molecule has 4 saturated carbocycles. The number of carbonyl (C=O) groups excluding carboxylic acids is 1. The van der Waals surface area contributed by atoms with E-state index in [9.17, 15) is 35.4 Å². The largest absolute Gasteiger partial charge is 0.455 e. The molecule has 0 unspecified atom stereocenters. The van der Waals surface area contributed by atoms with Crippen molar-refractivity contribution in [1.29, 1.82) is 0 Å². The van der Waals surface area contributed by atoms with Crippen LogP contribution in [0.3, 0.4) is 0 Å². The van der Waals surface area contributed by atoms with Crippen molar-refractivity contribution in [2.75, 3.05) is 13.2 Å². The molecule has 1 saturated heterocycles. The van der Waals surface area contributed by atoms with Gasteiger partial charge in [-0.2, -0.15) is 0 Å². The van der Waals surface area contributed by atoms with Crippen LogP contribution < -0.4 is 0 Å². The molecule has 1 spiro atoms. The van der Waals surface area contributed by atoms with Gasteiger partial charge < -0.3 is 44.8 Å². The molecule has 13 atom stereocenters. The molecule has 36 heavy (non-hydrogen) atoms. The second-order valence-electron chi connectivity index (χ2n) is 12.3. The first kappa shape index (κ1) is 25.2. The minimum atomic E-state index is -1.61. The lowest BCUT2D eigenvalue weighted by atomic mass is 9.44. The fourth-order valence-electron chi connectivity index (χ4n) is 9.33. The Labute approximate surface area is 209 Å². The van der Waals surface area contributed by atoms with Gasteiger partial charge in [-0.05, 0) is 73.7 Å². The summed E-state index contributed by atoms with van der Waals surface area (Å²) >= 11 is 0. The van der Waals surface area contributed by atoms with E-state index in [0.29, 0.717) is 19.3 Å². The van der Waals surface area contributed by atoms with Crippen molar-refractivity contribution < 1.29 is 49.6 Å². The smallest absolute Gasteiger partial charge is 0.331 e. The summed E-state index contributed by atoms with van der Waals surface area (Å²) < 4.78 is 17.4. The maximum absolute atomic E-state index is 12.0. The number of rotatable bonds is 4. The molecule has 6 aliphatic rings. The minimum absolute atomic E-state index is 0.130. The molecule has 2 bridgehead atoms. The van der Waals surface area contributed by atoms with E-state index in [-0.39, 0.29) is 35.2 Å². The van der Waals surface area contributed by atoms with Gasteiger partial charge in [0.05, 0.1) is 19.3 Å². The van der Waals surface area contributed by atoms with Crippen molar-refractivity contribution in [1.82, 2.24) is 0 Å². The van der Waals surface area contributed by atoms with Gasteiger partial charge in [0.25, 0.3) is 0 Å². The molecule has 10 nitrogen and oxygen atoms in total. The van der Waals surface area contributed by atoms with Crippen LogP contribution in [0.15, 0.2) is 11.6 Å². The Hall–Kier alpha value is -1.11. The van der Waals surface area contributed by atoms with E-state index in [2.05, 4.69) is 6.92 Å². The first-order valence-electron chi connectivity index (χ1n) is 13.3. The number of esters is 1. The third kappa shape index (κ3) is 3.16. The molecule has 0 amide bonds. The molecule has 0 aromatic carbocycles. The van der Waals surface area contributed by atoms with E-state index >= 15 is 0 Å². The zero-order valence-electron chi connectivity index (χ0n) is 20.5. The molecule has 6 N–H and O–H groups in total. The highest BCUT2D eigenvalue weighted by atomic mass is 16.7. The summed E-state index contributed by atoms with van der Waals surface area (Å²) in [7, 11) is 0. The number of hydrogen-bond acceptors (Lipinski definition) is 10. The molecule has 0 aromatic rings. The fraction of sp³-hybridized carbons (Fsp3) is 0.885. The first-order valence-corrected chi connectivity index (χ1v) is 13.3. The summed E-state index contributed by atoms with van der Waals surface area (Å²) in [6, 6.07) is 0. The zero-order valence-corrected chi connectivity index (χ0v) is 20.5. The molecule has 0 aromatic heterocycles. The first-order chi connectivity index (χ1) is 17.1. The van der Waals surface area contributed by atoms with Crippen LogP contribution in [0.25, 0.3) is 0 Å². The van der Waals surface area contributed by atoms with Gasteiger partial charge in [-0.25, -0.2) is 4.79 Å². The van der Waals surface area contributed by atoms with Crippen LogP contribution in [0.5, 0.6) is 0 Å². The third-order valence-corrected chi connectivity index (χ3v) is 11.0. The highest BCUT2D eigenvalue weighted by molar-refractivity contribution is 5.86. The lowest BCUT2D eigenvalue weighted by Gasteiger charge is -2.61. The van der Waals surface area contributed by atoms with Gasteiger partial charge in [0.1, 0.15) is 36.1 Å². The number of aliphatic hydroxyl groups is 6. The monoisotopic (exact) mass is 510 g/mol. The van der Waals surface area contributed by atoms with Gasteiger partial charge >= 0.3 is 5.97 Å². The quantitative estimate of drug-likeness (QED) is 0.268. The van der Waals surface area contributed by atoms with Crippen LogP contribution in [-0.4, -0.2) is 98.3 Å². The van der Waals surface area contributed by atoms with Crippen molar-refractivity contribution >= 4 is 5.97 Å². The predicted molar refractivity (Wildman–Crippen MR) is 122 cm³/mol. The molecule has 2 aliphatic heterocycles. The minimum Gasteiger partial charge on any atom is -0.455 e. The second-order valence-corrected chi connectivity index (χ2v) is 12.3. The Morgan fingerprint density at radius 3 is 2.53 bits per heavy atom. The Morgan fingerprint density at radius 2 is 1.81 bits per heavy atom. The van der Waals surface area contributed by atoms with Crippen LogP contribution in [0, 0.1) is 28.6 Å². The normalized spacial score (nSPS) is 55.9. The molecule has 2 heterocycles. The summed E-state index contributed by atoms with van der Waals surface area (Å²) in [5.41, 5.74) is -0.949. The SMILES string of the molecule is C[C@@]12CC[C@H]3OC(=O)C=C3[C@H]1CC[C@@]13C[C@H](CC[C@@H]21)[C@](CO)(O[C@@H]1O[C@H](CO)[C@@H](O)[C@H](O)[C@H]1O)[C@@H]3O. The fourth-order valence-corrected chi connectivity index (χ4v) is 9.33. The molecule has 4 aliphatic carbocycles. The molecule has 10 heteroatoms. The number of hydrogen-bond donors (Lipinski definition) is 6. The van der Waals surface area contributed by atoms with Crippen molar-refractivity contribution in [3.8, 4) is 0 Å². The van der Waals surface area contributed by atoms with E-state index < -0.39 is 61.0 Å². The van der Waals surface area contributed by atoms with Gasteiger partial charge in [0, 0.05) is 11.5 Å². The van der Waals surface area contributed by atoms with E-state index in [1.54, 1.807) is 6.08 Å². The molecule has 6 rings (SSSR count). The third-order valence-electron chi connectivity index (χ3n) is 11.0. The van der Waals surface area contributed by atoms with Gasteiger partial charge in [-0.1, -0.05) is 6.92 Å². The number of fused-ring (bicyclic) bond motifs is 5.